The third-order valence-corrected chi connectivity index (χ3v) is 0.332. The van der Waals surface area contributed by atoms with Crippen molar-refractivity contribution >= 4 is 47.1 Å². The Morgan fingerprint density at radius 1 is 1.71 bits per heavy atom. The predicted molar refractivity (Wildman–Crippen MR) is 28.4 cm³/mol. The van der Waals surface area contributed by atoms with Crippen molar-refractivity contribution in [1.82, 2.24) is 0 Å². The molecule has 0 spiro atoms. The van der Waals surface area contributed by atoms with E-state index in [0.717, 1.165) is 11.6 Å². The summed E-state index contributed by atoms with van der Waals surface area (Å²) < 4.78 is 0. The molecule has 0 aliphatic rings. The zero-order chi connectivity index (χ0) is 4.99. The fraction of sp³-hybridized carbons (Fsp3) is 0. The number of rotatable bonds is 1. The Morgan fingerprint density at radius 2 is 2.14 bits per heavy atom. The Balaban J connectivity index is 0. The minimum atomic E-state index is -1.02. The van der Waals surface area contributed by atoms with Crippen LogP contribution in [0.15, 0.2) is 11.6 Å². The van der Waals surface area contributed by atoms with Crippen LogP contribution >= 0.6 is 11.6 Å². The molecule has 35 valence electrons. The van der Waals surface area contributed by atoms with Crippen LogP contribution in [0.4, 0.5) is 0 Å². The van der Waals surface area contributed by atoms with E-state index in [9.17, 15) is 4.79 Å². The van der Waals surface area contributed by atoms with E-state index in [0.29, 0.717) is 0 Å². The molecule has 0 aromatic carbocycles. The summed E-state index contributed by atoms with van der Waals surface area (Å²) >= 11 is 4.84. The number of halogens is 1. The van der Waals surface area contributed by atoms with E-state index in [2.05, 4.69) is 0 Å². The van der Waals surface area contributed by atoms with Crippen LogP contribution in [0, 0.1) is 0 Å². The van der Waals surface area contributed by atoms with E-state index in [1.165, 1.54) is 0 Å². The molecule has 0 bridgehead atoms. The second kappa shape index (κ2) is 6.50. The molecular weight excluding hydrogens is 126 g/mol. The molecule has 0 heterocycles. The second-order valence-electron chi connectivity index (χ2n) is 0.631. The van der Waals surface area contributed by atoms with Crippen molar-refractivity contribution < 1.29 is 9.90 Å². The summed E-state index contributed by atoms with van der Waals surface area (Å²) in [6.45, 7) is 0. The van der Waals surface area contributed by atoms with Crippen LogP contribution in [0.25, 0.3) is 0 Å². The molecule has 0 saturated carbocycles. The van der Waals surface area contributed by atoms with E-state index in [1.807, 2.05) is 0 Å². The second-order valence-corrected chi connectivity index (χ2v) is 0.883. The van der Waals surface area contributed by atoms with Gasteiger partial charge in [0.1, 0.15) is 0 Å². The number of hydrogen-bond acceptors (Lipinski definition) is 1. The Bertz CT molecular complexity index is 81.0. The van der Waals surface area contributed by atoms with Gasteiger partial charge in [0.05, 0.1) is 0 Å². The minimum absolute atomic E-state index is 0. The van der Waals surface area contributed by atoms with Gasteiger partial charge in [-0.2, -0.15) is 0 Å². The van der Waals surface area contributed by atoms with Crippen molar-refractivity contribution in [3.63, 3.8) is 0 Å². The summed E-state index contributed by atoms with van der Waals surface area (Å²) in [6, 6.07) is 0. The summed E-state index contributed by atoms with van der Waals surface area (Å²) in [4.78, 5) is 9.43. The van der Waals surface area contributed by atoms with Gasteiger partial charge in [0.25, 0.3) is 0 Å². The molecule has 0 aromatic rings. The summed E-state index contributed by atoms with van der Waals surface area (Å²) in [7, 11) is 0. The topological polar surface area (TPSA) is 37.3 Å². The smallest absolute Gasteiger partial charge is 0.329 e. The molecule has 0 rings (SSSR count). The summed E-state index contributed by atoms with van der Waals surface area (Å²) in [6.07, 6.45) is 0.849. The SMILES string of the molecule is O=C(O)C=CCl.[Na]. The average Bonchev–Trinajstić information content (AvgIpc) is 1.35. The third-order valence-electron chi connectivity index (χ3n) is 0.206. The van der Waals surface area contributed by atoms with Crippen LogP contribution in [-0.4, -0.2) is 40.6 Å². The monoisotopic (exact) mass is 129 g/mol. The van der Waals surface area contributed by atoms with Crippen LogP contribution < -0.4 is 0 Å². The molecule has 0 aromatic heterocycles. The van der Waals surface area contributed by atoms with Gasteiger partial charge in [0.2, 0.25) is 0 Å². The van der Waals surface area contributed by atoms with Gasteiger partial charge in [-0.25, -0.2) is 4.79 Å². The molecular formula is C3H3ClNaO2. The van der Waals surface area contributed by atoms with Gasteiger partial charge in [-0.3, -0.25) is 0 Å². The van der Waals surface area contributed by atoms with Crippen LogP contribution in [0.5, 0.6) is 0 Å². The number of carboxylic acid groups (broad SMARTS) is 1. The van der Waals surface area contributed by atoms with E-state index in [1.54, 1.807) is 0 Å². The minimum Gasteiger partial charge on any atom is -0.478 e. The number of hydrogen-bond donors (Lipinski definition) is 1. The van der Waals surface area contributed by atoms with Gasteiger partial charge in [-0.15, -0.1) is 0 Å². The molecule has 1 N–H and O–H groups in total. The van der Waals surface area contributed by atoms with E-state index in [4.69, 9.17) is 16.7 Å². The molecule has 7 heavy (non-hydrogen) atoms. The van der Waals surface area contributed by atoms with Gasteiger partial charge in [-0.05, 0) is 0 Å². The molecule has 1 radical (unpaired) electrons. The fourth-order valence-corrected chi connectivity index (χ4v) is 0.162. The molecule has 0 amide bonds. The van der Waals surface area contributed by atoms with Crippen LogP contribution in [0.3, 0.4) is 0 Å². The predicted octanol–water partition coefficient (Wildman–Crippen LogP) is 0.443. The van der Waals surface area contributed by atoms with Crippen molar-refractivity contribution in [3.05, 3.63) is 11.6 Å². The van der Waals surface area contributed by atoms with Crippen molar-refractivity contribution in [2.24, 2.45) is 0 Å². The van der Waals surface area contributed by atoms with Gasteiger partial charge >= 0.3 is 5.97 Å². The van der Waals surface area contributed by atoms with E-state index < -0.39 is 5.97 Å². The maximum Gasteiger partial charge on any atom is 0.329 e. The van der Waals surface area contributed by atoms with Gasteiger partial charge < -0.3 is 5.11 Å². The molecule has 0 aliphatic heterocycles. The largest absolute Gasteiger partial charge is 0.478 e. The number of carboxylic acids is 1. The molecule has 0 aliphatic carbocycles. The maximum atomic E-state index is 9.43. The fourth-order valence-electron chi connectivity index (χ4n) is 0.0539. The molecule has 0 unspecified atom stereocenters. The van der Waals surface area contributed by atoms with Gasteiger partial charge in [0, 0.05) is 41.2 Å². The number of aliphatic carboxylic acids is 1. The zero-order valence-corrected chi connectivity index (χ0v) is 6.64. The van der Waals surface area contributed by atoms with Gasteiger partial charge in [-0.1, -0.05) is 11.6 Å². The quantitative estimate of drug-likeness (QED) is 0.412. The Morgan fingerprint density at radius 3 is 2.14 bits per heavy atom. The van der Waals surface area contributed by atoms with Gasteiger partial charge in [0.15, 0.2) is 0 Å². The van der Waals surface area contributed by atoms with Crippen molar-refractivity contribution in [2.45, 2.75) is 0 Å². The molecule has 0 atom stereocenters. The first-order valence-electron chi connectivity index (χ1n) is 1.27. The van der Waals surface area contributed by atoms with Crippen LogP contribution in [-0.2, 0) is 4.79 Å². The zero-order valence-electron chi connectivity index (χ0n) is 3.89. The van der Waals surface area contributed by atoms with Crippen molar-refractivity contribution in [2.75, 3.05) is 0 Å². The van der Waals surface area contributed by atoms with E-state index in [-0.39, 0.29) is 29.6 Å². The Kier molecular flexibility index (Phi) is 9.73. The summed E-state index contributed by atoms with van der Waals surface area (Å²) in [5.74, 6) is -1.02. The first-order valence-corrected chi connectivity index (χ1v) is 1.70. The Hall–Kier alpha value is 0.500. The maximum absolute atomic E-state index is 9.43. The van der Waals surface area contributed by atoms with E-state index >= 15 is 0 Å². The molecule has 0 fully saturated rings. The normalized spacial score (nSPS) is 8.14. The first kappa shape index (κ1) is 10.5. The average molecular weight is 129 g/mol. The van der Waals surface area contributed by atoms with Crippen molar-refractivity contribution in [3.8, 4) is 0 Å². The van der Waals surface area contributed by atoms with Crippen LogP contribution in [0.2, 0.25) is 0 Å². The molecule has 0 saturated heterocycles. The standard InChI is InChI=1S/C3H3ClO2.Na/c4-2-1-3(5)6;/h1-2H,(H,5,6);. The molecule has 2 nitrogen and oxygen atoms in total. The Labute approximate surface area is 68.5 Å². The number of carbonyl (C=O) groups is 1. The third kappa shape index (κ3) is 10.7. The summed E-state index contributed by atoms with van der Waals surface area (Å²) in [5.41, 5.74) is 0.947. The van der Waals surface area contributed by atoms with Crippen LogP contribution in [0.1, 0.15) is 0 Å². The summed E-state index contributed by atoms with van der Waals surface area (Å²) in [5, 5.41) is 7.74. The molecule has 4 heteroatoms. The first-order chi connectivity index (χ1) is 2.77. The van der Waals surface area contributed by atoms with Crippen molar-refractivity contribution in [1.29, 1.82) is 0 Å².